The third-order valence-corrected chi connectivity index (χ3v) is 5.10. The van der Waals surface area contributed by atoms with Gasteiger partial charge in [-0.05, 0) is 70.0 Å². The van der Waals surface area contributed by atoms with Gasteiger partial charge in [-0.2, -0.15) is 0 Å². The summed E-state index contributed by atoms with van der Waals surface area (Å²) in [5.74, 6) is -1.55. The number of hydrogen-bond acceptors (Lipinski definition) is 4. The van der Waals surface area contributed by atoms with Crippen molar-refractivity contribution in [3.63, 3.8) is 0 Å². The molecule has 0 saturated carbocycles. The van der Waals surface area contributed by atoms with Crippen LogP contribution in [0.2, 0.25) is 0 Å². The zero-order chi connectivity index (χ0) is 23.1. The Morgan fingerprint density at radius 1 is 0.969 bits per heavy atom. The number of amides is 2. The van der Waals surface area contributed by atoms with Crippen LogP contribution in [-0.2, 0) is 4.79 Å². The number of benzene rings is 3. The largest absolute Gasteiger partial charge is 0.497 e. The number of ether oxygens (including phenoxy) is 1. The SMILES string of the molecule is COc1ccc(/C=C(\NC(=O)c2ccccc2Br)C(=O)Nc2cccc(C(=O)O)c2)cc1. The Hall–Kier alpha value is -3.91. The monoisotopic (exact) mass is 494 g/mol. The summed E-state index contributed by atoms with van der Waals surface area (Å²) in [6, 6.07) is 19.6. The van der Waals surface area contributed by atoms with E-state index in [4.69, 9.17) is 9.84 Å². The molecule has 32 heavy (non-hydrogen) atoms. The van der Waals surface area contributed by atoms with Gasteiger partial charge in [-0.15, -0.1) is 0 Å². The molecular formula is C24H19BrN2O5. The van der Waals surface area contributed by atoms with E-state index in [9.17, 15) is 14.4 Å². The number of rotatable bonds is 7. The summed E-state index contributed by atoms with van der Waals surface area (Å²) in [5, 5.41) is 14.4. The molecule has 0 atom stereocenters. The normalized spacial score (nSPS) is 10.9. The molecule has 0 radical (unpaired) electrons. The van der Waals surface area contributed by atoms with Gasteiger partial charge in [-0.3, -0.25) is 9.59 Å². The van der Waals surface area contributed by atoms with Crippen LogP contribution in [0.25, 0.3) is 6.08 Å². The van der Waals surface area contributed by atoms with E-state index in [1.54, 1.807) is 61.7 Å². The van der Waals surface area contributed by atoms with Gasteiger partial charge in [0.1, 0.15) is 11.4 Å². The van der Waals surface area contributed by atoms with Crippen molar-refractivity contribution in [1.29, 1.82) is 0 Å². The number of carbonyl (C=O) groups is 3. The number of carbonyl (C=O) groups excluding carboxylic acids is 2. The molecule has 162 valence electrons. The number of carboxylic acid groups (broad SMARTS) is 1. The first-order valence-electron chi connectivity index (χ1n) is 9.43. The van der Waals surface area contributed by atoms with E-state index in [1.807, 2.05) is 0 Å². The Bertz CT molecular complexity index is 1190. The van der Waals surface area contributed by atoms with Crippen LogP contribution in [0.5, 0.6) is 5.75 Å². The fourth-order valence-electron chi connectivity index (χ4n) is 2.79. The first-order chi connectivity index (χ1) is 15.4. The molecular weight excluding hydrogens is 476 g/mol. The second-order valence-electron chi connectivity index (χ2n) is 6.61. The second-order valence-corrected chi connectivity index (χ2v) is 7.46. The van der Waals surface area contributed by atoms with Crippen molar-refractivity contribution >= 4 is 45.5 Å². The van der Waals surface area contributed by atoms with Crippen LogP contribution >= 0.6 is 15.9 Å². The van der Waals surface area contributed by atoms with E-state index >= 15 is 0 Å². The summed E-state index contributed by atoms with van der Waals surface area (Å²) in [6.45, 7) is 0. The van der Waals surface area contributed by atoms with E-state index in [0.29, 0.717) is 21.3 Å². The molecule has 0 aliphatic carbocycles. The van der Waals surface area contributed by atoms with Crippen molar-refractivity contribution in [2.45, 2.75) is 0 Å². The lowest BCUT2D eigenvalue weighted by Gasteiger charge is -2.12. The summed E-state index contributed by atoms with van der Waals surface area (Å²) in [4.78, 5) is 37.0. The molecule has 7 nitrogen and oxygen atoms in total. The van der Waals surface area contributed by atoms with Crippen molar-refractivity contribution in [3.05, 3.63) is 99.7 Å². The Morgan fingerprint density at radius 2 is 1.69 bits per heavy atom. The van der Waals surface area contributed by atoms with Crippen LogP contribution in [-0.4, -0.2) is 30.0 Å². The van der Waals surface area contributed by atoms with Gasteiger partial charge in [0, 0.05) is 10.2 Å². The predicted molar refractivity (Wildman–Crippen MR) is 125 cm³/mol. The third-order valence-electron chi connectivity index (χ3n) is 4.41. The lowest BCUT2D eigenvalue weighted by Crippen LogP contribution is -2.31. The molecule has 3 rings (SSSR count). The Morgan fingerprint density at radius 3 is 2.34 bits per heavy atom. The Kier molecular flexibility index (Phi) is 7.41. The number of methoxy groups -OCH3 is 1. The van der Waals surface area contributed by atoms with E-state index in [2.05, 4.69) is 26.6 Å². The van der Waals surface area contributed by atoms with Gasteiger partial charge < -0.3 is 20.5 Å². The molecule has 0 saturated heterocycles. The molecule has 3 aromatic rings. The minimum absolute atomic E-state index is 0.0170. The molecule has 3 aromatic carbocycles. The average Bonchev–Trinajstić information content (AvgIpc) is 2.79. The molecule has 8 heteroatoms. The van der Waals surface area contributed by atoms with Gasteiger partial charge in [0.05, 0.1) is 18.2 Å². The van der Waals surface area contributed by atoms with Gasteiger partial charge in [-0.25, -0.2) is 4.79 Å². The van der Waals surface area contributed by atoms with Crippen LogP contribution in [0.3, 0.4) is 0 Å². The van der Waals surface area contributed by atoms with E-state index in [-0.39, 0.29) is 16.9 Å². The van der Waals surface area contributed by atoms with Gasteiger partial charge in [0.2, 0.25) is 0 Å². The maximum absolute atomic E-state index is 13.0. The van der Waals surface area contributed by atoms with E-state index < -0.39 is 17.8 Å². The summed E-state index contributed by atoms with van der Waals surface area (Å²) < 4.78 is 5.72. The quantitative estimate of drug-likeness (QED) is 0.417. The molecule has 0 bridgehead atoms. The molecule has 2 amide bonds. The van der Waals surface area contributed by atoms with Gasteiger partial charge >= 0.3 is 5.97 Å². The van der Waals surface area contributed by atoms with E-state index in [1.165, 1.54) is 24.3 Å². The van der Waals surface area contributed by atoms with Gasteiger partial charge in [-0.1, -0.05) is 30.3 Å². The highest BCUT2D eigenvalue weighted by atomic mass is 79.9. The molecule has 0 aliphatic rings. The second kappa shape index (κ2) is 10.4. The highest BCUT2D eigenvalue weighted by Crippen LogP contribution is 2.18. The number of nitrogens with one attached hydrogen (secondary N) is 2. The Balaban J connectivity index is 1.91. The van der Waals surface area contributed by atoms with Crippen molar-refractivity contribution in [2.75, 3.05) is 12.4 Å². The van der Waals surface area contributed by atoms with Crippen LogP contribution in [0.4, 0.5) is 5.69 Å². The number of anilines is 1. The van der Waals surface area contributed by atoms with Crippen LogP contribution in [0.15, 0.2) is 83.0 Å². The predicted octanol–water partition coefficient (Wildman–Crippen LogP) is 4.57. The molecule has 3 N–H and O–H groups in total. The minimum Gasteiger partial charge on any atom is -0.497 e. The lowest BCUT2D eigenvalue weighted by molar-refractivity contribution is -0.113. The van der Waals surface area contributed by atoms with Crippen molar-refractivity contribution < 1.29 is 24.2 Å². The Labute approximate surface area is 192 Å². The molecule has 0 heterocycles. The number of hydrogen-bond donors (Lipinski definition) is 3. The smallest absolute Gasteiger partial charge is 0.335 e. The molecule has 0 unspecified atom stereocenters. The zero-order valence-electron chi connectivity index (χ0n) is 17.0. The summed E-state index contributed by atoms with van der Waals surface area (Å²) in [5.41, 5.74) is 1.31. The van der Waals surface area contributed by atoms with Gasteiger partial charge in [0.15, 0.2) is 0 Å². The summed E-state index contributed by atoms with van der Waals surface area (Å²) in [6.07, 6.45) is 1.52. The fourth-order valence-corrected chi connectivity index (χ4v) is 3.25. The first-order valence-corrected chi connectivity index (χ1v) is 10.2. The molecule has 0 aliphatic heterocycles. The number of carboxylic acids is 1. The zero-order valence-corrected chi connectivity index (χ0v) is 18.5. The van der Waals surface area contributed by atoms with Crippen LogP contribution in [0, 0.1) is 0 Å². The maximum atomic E-state index is 13.0. The number of aromatic carboxylic acids is 1. The fraction of sp³-hybridized carbons (Fsp3) is 0.0417. The van der Waals surface area contributed by atoms with Crippen molar-refractivity contribution in [1.82, 2.24) is 5.32 Å². The summed E-state index contributed by atoms with van der Waals surface area (Å²) in [7, 11) is 1.55. The highest BCUT2D eigenvalue weighted by molar-refractivity contribution is 9.10. The van der Waals surface area contributed by atoms with E-state index in [0.717, 1.165) is 0 Å². The molecule has 0 fully saturated rings. The standard InChI is InChI=1S/C24H19BrN2O5/c1-32-18-11-9-15(10-12-18)13-21(27-22(28)19-7-2-3-8-20(19)25)23(29)26-17-6-4-5-16(14-17)24(30)31/h2-14H,1H3,(H,26,29)(H,27,28)(H,30,31)/b21-13-. The molecule has 0 aromatic heterocycles. The minimum atomic E-state index is -1.11. The van der Waals surface area contributed by atoms with Gasteiger partial charge in [0.25, 0.3) is 11.8 Å². The lowest BCUT2D eigenvalue weighted by atomic mass is 10.1. The highest BCUT2D eigenvalue weighted by Gasteiger charge is 2.17. The number of halogens is 1. The topological polar surface area (TPSA) is 105 Å². The third kappa shape index (κ3) is 5.83. The van der Waals surface area contributed by atoms with Crippen LogP contribution in [0.1, 0.15) is 26.3 Å². The first kappa shape index (κ1) is 22.8. The average molecular weight is 495 g/mol. The van der Waals surface area contributed by atoms with Crippen molar-refractivity contribution in [3.8, 4) is 5.75 Å². The van der Waals surface area contributed by atoms with Crippen molar-refractivity contribution in [2.24, 2.45) is 0 Å². The maximum Gasteiger partial charge on any atom is 0.335 e. The van der Waals surface area contributed by atoms with Crippen LogP contribution < -0.4 is 15.4 Å². The summed E-state index contributed by atoms with van der Waals surface area (Å²) >= 11 is 3.33. The molecule has 0 spiro atoms.